The number of hydrogen-bond acceptors (Lipinski definition) is 3. The predicted molar refractivity (Wildman–Crippen MR) is 113 cm³/mol. The van der Waals surface area contributed by atoms with Crippen LogP contribution in [0.4, 0.5) is 0 Å². The molecule has 4 aromatic rings. The number of aryl methyl sites for hydroxylation is 2. The van der Waals surface area contributed by atoms with Gasteiger partial charge in [-0.15, -0.1) is 0 Å². The fraction of sp³-hybridized carbons (Fsp3) is 0.174. The molecule has 0 atom stereocenters. The summed E-state index contributed by atoms with van der Waals surface area (Å²) < 4.78 is 3.20. The lowest BCUT2D eigenvalue weighted by Gasteiger charge is -2.08. The van der Waals surface area contributed by atoms with Crippen molar-refractivity contribution >= 4 is 11.4 Å². The van der Waals surface area contributed by atoms with Gasteiger partial charge in [-0.3, -0.25) is 9.59 Å². The maximum absolute atomic E-state index is 12.9. The standard InChI is InChI=1S/C23H22N4O2/c1-16-8-9-17(2)19(14-16)20-15-21-23(29)26(12-13-27(21)25-20)11-10-24-22(28)18-6-4-3-5-7-18/h3-9,12-15H,10-11H2,1-2H3,(H,24,28). The molecule has 0 saturated carbocycles. The molecule has 1 N–H and O–H groups in total. The fourth-order valence-corrected chi connectivity index (χ4v) is 3.33. The summed E-state index contributed by atoms with van der Waals surface area (Å²) in [6, 6.07) is 17.0. The number of hydrogen-bond donors (Lipinski definition) is 1. The second-order valence-corrected chi connectivity index (χ2v) is 7.10. The van der Waals surface area contributed by atoms with Crippen LogP contribution in [-0.4, -0.2) is 26.6 Å². The first-order valence-corrected chi connectivity index (χ1v) is 9.52. The Kier molecular flexibility index (Phi) is 4.99. The molecular weight excluding hydrogens is 364 g/mol. The van der Waals surface area contributed by atoms with Crippen LogP contribution in [0.25, 0.3) is 16.8 Å². The van der Waals surface area contributed by atoms with Crippen LogP contribution in [0.15, 0.2) is 71.8 Å². The van der Waals surface area contributed by atoms with Crippen LogP contribution in [0.1, 0.15) is 21.5 Å². The molecule has 0 spiro atoms. The minimum atomic E-state index is -0.152. The number of amides is 1. The van der Waals surface area contributed by atoms with Crippen molar-refractivity contribution in [1.82, 2.24) is 19.5 Å². The molecule has 2 heterocycles. The fourth-order valence-electron chi connectivity index (χ4n) is 3.33. The molecule has 0 aliphatic rings. The molecule has 146 valence electrons. The van der Waals surface area contributed by atoms with Gasteiger partial charge >= 0.3 is 0 Å². The number of nitrogens with one attached hydrogen (secondary N) is 1. The van der Waals surface area contributed by atoms with Gasteiger partial charge < -0.3 is 9.88 Å². The quantitative estimate of drug-likeness (QED) is 0.573. The van der Waals surface area contributed by atoms with Crippen LogP contribution in [0.3, 0.4) is 0 Å². The molecular formula is C23H22N4O2. The maximum Gasteiger partial charge on any atom is 0.276 e. The summed E-state index contributed by atoms with van der Waals surface area (Å²) >= 11 is 0. The van der Waals surface area contributed by atoms with Crippen LogP contribution >= 0.6 is 0 Å². The highest BCUT2D eigenvalue weighted by Crippen LogP contribution is 2.23. The van der Waals surface area contributed by atoms with Gasteiger partial charge in [0.25, 0.3) is 11.5 Å². The highest BCUT2D eigenvalue weighted by atomic mass is 16.1. The maximum atomic E-state index is 12.9. The molecule has 6 nitrogen and oxygen atoms in total. The van der Waals surface area contributed by atoms with Gasteiger partial charge in [0.15, 0.2) is 0 Å². The van der Waals surface area contributed by atoms with E-state index in [0.717, 1.165) is 22.4 Å². The number of nitrogens with zero attached hydrogens (tertiary/aromatic N) is 3. The third-order valence-electron chi connectivity index (χ3n) is 4.95. The van der Waals surface area contributed by atoms with Crippen molar-refractivity contribution in [2.24, 2.45) is 0 Å². The van der Waals surface area contributed by atoms with Crippen LogP contribution in [0.5, 0.6) is 0 Å². The predicted octanol–water partition coefficient (Wildman–Crippen LogP) is 3.21. The molecule has 2 aromatic heterocycles. The van der Waals surface area contributed by atoms with E-state index in [9.17, 15) is 9.59 Å². The van der Waals surface area contributed by atoms with Crippen molar-refractivity contribution in [2.45, 2.75) is 20.4 Å². The van der Waals surface area contributed by atoms with Crippen molar-refractivity contribution in [2.75, 3.05) is 6.54 Å². The number of rotatable bonds is 5. The van der Waals surface area contributed by atoms with E-state index in [1.165, 1.54) is 0 Å². The van der Waals surface area contributed by atoms with E-state index in [1.54, 1.807) is 33.6 Å². The molecule has 0 bridgehead atoms. The second kappa shape index (κ2) is 7.75. The van der Waals surface area contributed by atoms with Gasteiger partial charge in [-0.25, -0.2) is 4.52 Å². The molecule has 0 unspecified atom stereocenters. The Balaban J connectivity index is 1.54. The van der Waals surface area contributed by atoms with E-state index in [4.69, 9.17) is 0 Å². The van der Waals surface area contributed by atoms with Crippen molar-refractivity contribution in [3.05, 3.63) is 94.0 Å². The molecule has 0 fully saturated rings. The molecule has 0 saturated heterocycles. The first-order valence-electron chi connectivity index (χ1n) is 9.52. The number of aromatic nitrogens is 3. The Morgan fingerprint density at radius 3 is 2.62 bits per heavy atom. The first-order chi connectivity index (χ1) is 14.0. The topological polar surface area (TPSA) is 68.4 Å². The van der Waals surface area contributed by atoms with E-state index in [0.29, 0.717) is 24.2 Å². The molecule has 1 amide bonds. The SMILES string of the molecule is Cc1ccc(C)c(-c2cc3c(=O)n(CCNC(=O)c4ccccc4)ccn3n2)c1. The Labute approximate surface area is 168 Å². The summed E-state index contributed by atoms with van der Waals surface area (Å²) in [5.41, 5.74) is 5.04. The van der Waals surface area contributed by atoms with Gasteiger partial charge in [-0.2, -0.15) is 5.10 Å². The monoisotopic (exact) mass is 386 g/mol. The van der Waals surface area contributed by atoms with Crippen molar-refractivity contribution in [3.63, 3.8) is 0 Å². The summed E-state index contributed by atoms with van der Waals surface area (Å²) in [6.07, 6.45) is 3.47. The lowest BCUT2D eigenvalue weighted by atomic mass is 10.0. The number of carbonyl (C=O) groups excluding carboxylic acids is 1. The smallest absolute Gasteiger partial charge is 0.276 e. The highest BCUT2D eigenvalue weighted by molar-refractivity contribution is 5.94. The van der Waals surface area contributed by atoms with Crippen LogP contribution in [-0.2, 0) is 6.54 Å². The Bertz CT molecular complexity index is 1240. The van der Waals surface area contributed by atoms with Gasteiger partial charge in [0.2, 0.25) is 0 Å². The average molecular weight is 386 g/mol. The first kappa shape index (κ1) is 18.7. The van der Waals surface area contributed by atoms with Crippen molar-refractivity contribution in [1.29, 1.82) is 0 Å². The summed E-state index contributed by atoms with van der Waals surface area (Å²) in [7, 11) is 0. The van der Waals surface area contributed by atoms with Crippen LogP contribution in [0, 0.1) is 13.8 Å². The summed E-state index contributed by atoms with van der Waals surface area (Å²) in [4.78, 5) is 25.0. The average Bonchev–Trinajstić information content (AvgIpc) is 3.17. The third-order valence-corrected chi connectivity index (χ3v) is 4.95. The van der Waals surface area contributed by atoms with Gasteiger partial charge in [0.1, 0.15) is 5.52 Å². The minimum Gasteiger partial charge on any atom is -0.350 e. The highest BCUT2D eigenvalue weighted by Gasteiger charge is 2.11. The Morgan fingerprint density at radius 1 is 1.03 bits per heavy atom. The molecule has 6 heteroatoms. The van der Waals surface area contributed by atoms with E-state index < -0.39 is 0 Å². The lowest BCUT2D eigenvalue weighted by molar-refractivity contribution is 0.0952. The summed E-state index contributed by atoms with van der Waals surface area (Å²) in [5.74, 6) is -0.152. The number of fused-ring (bicyclic) bond motifs is 1. The van der Waals surface area contributed by atoms with Crippen molar-refractivity contribution in [3.8, 4) is 11.3 Å². The molecule has 0 radical (unpaired) electrons. The zero-order valence-corrected chi connectivity index (χ0v) is 16.4. The van der Waals surface area contributed by atoms with E-state index in [1.807, 2.05) is 38.1 Å². The van der Waals surface area contributed by atoms with Crippen LogP contribution < -0.4 is 10.9 Å². The zero-order chi connectivity index (χ0) is 20.4. The van der Waals surface area contributed by atoms with Gasteiger partial charge in [-0.1, -0.05) is 35.9 Å². The van der Waals surface area contributed by atoms with Gasteiger partial charge in [-0.05, 0) is 43.7 Å². The normalized spacial score (nSPS) is 11.0. The van der Waals surface area contributed by atoms with Crippen LogP contribution in [0.2, 0.25) is 0 Å². The Morgan fingerprint density at radius 2 is 1.83 bits per heavy atom. The summed E-state index contributed by atoms with van der Waals surface area (Å²) in [5, 5.41) is 7.42. The Hall–Kier alpha value is -3.67. The number of carbonyl (C=O) groups is 1. The van der Waals surface area contributed by atoms with E-state index in [-0.39, 0.29) is 11.5 Å². The summed E-state index contributed by atoms with van der Waals surface area (Å²) in [6.45, 7) is 4.82. The molecule has 0 aliphatic heterocycles. The number of benzene rings is 2. The van der Waals surface area contributed by atoms with E-state index in [2.05, 4.69) is 28.6 Å². The van der Waals surface area contributed by atoms with Crippen molar-refractivity contribution < 1.29 is 4.79 Å². The molecule has 4 rings (SSSR count). The van der Waals surface area contributed by atoms with Gasteiger partial charge in [0.05, 0.1) is 5.69 Å². The minimum absolute atomic E-state index is 0.134. The van der Waals surface area contributed by atoms with E-state index >= 15 is 0 Å². The second-order valence-electron chi connectivity index (χ2n) is 7.10. The third kappa shape index (κ3) is 3.82. The largest absolute Gasteiger partial charge is 0.350 e. The lowest BCUT2D eigenvalue weighted by Crippen LogP contribution is -2.31. The molecule has 0 aliphatic carbocycles. The molecule has 29 heavy (non-hydrogen) atoms. The zero-order valence-electron chi connectivity index (χ0n) is 16.4. The molecule has 2 aromatic carbocycles. The van der Waals surface area contributed by atoms with Gasteiger partial charge in [0, 0.05) is 36.6 Å².